The van der Waals surface area contributed by atoms with Crippen LogP contribution in [0.15, 0.2) is 23.6 Å². The van der Waals surface area contributed by atoms with E-state index >= 15 is 0 Å². The minimum absolute atomic E-state index is 0.0112. The van der Waals surface area contributed by atoms with E-state index in [2.05, 4.69) is 15.5 Å². The SMILES string of the molecule is Cc1ccncc1CNC(=O)C1(/C(N)=N/O)CC1. The van der Waals surface area contributed by atoms with Crippen LogP contribution < -0.4 is 11.1 Å². The number of nitrogens with zero attached hydrogens (tertiary/aromatic N) is 2. The predicted octanol–water partition coefficient (Wildman–Crippen LogP) is 0.533. The van der Waals surface area contributed by atoms with Crippen molar-refractivity contribution < 1.29 is 10.0 Å². The van der Waals surface area contributed by atoms with Crippen molar-refractivity contribution in [2.45, 2.75) is 26.3 Å². The number of amidine groups is 1. The lowest BCUT2D eigenvalue weighted by atomic mass is 10.0. The Labute approximate surface area is 105 Å². The van der Waals surface area contributed by atoms with Crippen molar-refractivity contribution in [3.8, 4) is 0 Å². The number of aromatic nitrogens is 1. The van der Waals surface area contributed by atoms with Crippen LogP contribution in [0.25, 0.3) is 0 Å². The van der Waals surface area contributed by atoms with Gasteiger partial charge in [0.25, 0.3) is 0 Å². The summed E-state index contributed by atoms with van der Waals surface area (Å²) in [7, 11) is 0. The molecule has 96 valence electrons. The molecule has 0 unspecified atom stereocenters. The molecule has 1 heterocycles. The summed E-state index contributed by atoms with van der Waals surface area (Å²) in [5.41, 5.74) is 6.77. The molecule has 0 atom stereocenters. The van der Waals surface area contributed by atoms with Crippen LogP contribution in [0, 0.1) is 12.3 Å². The molecule has 1 aliphatic rings. The second-order valence-corrected chi connectivity index (χ2v) is 4.55. The largest absolute Gasteiger partial charge is 0.409 e. The first-order chi connectivity index (χ1) is 8.60. The number of nitrogens with one attached hydrogen (secondary N) is 1. The monoisotopic (exact) mass is 248 g/mol. The van der Waals surface area contributed by atoms with Gasteiger partial charge in [-0.05, 0) is 37.0 Å². The van der Waals surface area contributed by atoms with Gasteiger partial charge in [-0.2, -0.15) is 0 Å². The third-order valence-electron chi connectivity index (χ3n) is 3.37. The Morgan fingerprint density at radius 3 is 2.94 bits per heavy atom. The maximum absolute atomic E-state index is 12.0. The van der Waals surface area contributed by atoms with Gasteiger partial charge < -0.3 is 16.3 Å². The number of amides is 1. The smallest absolute Gasteiger partial charge is 0.234 e. The molecule has 1 aromatic heterocycles. The maximum Gasteiger partial charge on any atom is 0.234 e. The maximum atomic E-state index is 12.0. The summed E-state index contributed by atoms with van der Waals surface area (Å²) in [6, 6.07) is 1.89. The molecule has 4 N–H and O–H groups in total. The number of aryl methyl sites for hydroxylation is 1. The molecule has 0 aromatic carbocycles. The fraction of sp³-hybridized carbons (Fsp3) is 0.417. The first-order valence-corrected chi connectivity index (χ1v) is 5.76. The highest BCUT2D eigenvalue weighted by molar-refractivity contribution is 6.09. The molecule has 6 nitrogen and oxygen atoms in total. The van der Waals surface area contributed by atoms with Crippen LogP contribution >= 0.6 is 0 Å². The summed E-state index contributed by atoms with van der Waals surface area (Å²) in [6.45, 7) is 2.36. The first-order valence-electron chi connectivity index (χ1n) is 5.76. The average molecular weight is 248 g/mol. The van der Waals surface area contributed by atoms with Gasteiger partial charge in [-0.3, -0.25) is 9.78 Å². The molecule has 1 saturated carbocycles. The van der Waals surface area contributed by atoms with E-state index in [0.29, 0.717) is 19.4 Å². The fourth-order valence-corrected chi connectivity index (χ4v) is 1.85. The summed E-state index contributed by atoms with van der Waals surface area (Å²) >= 11 is 0. The van der Waals surface area contributed by atoms with Gasteiger partial charge in [0.05, 0.1) is 0 Å². The Kier molecular flexibility index (Phi) is 3.18. The summed E-state index contributed by atoms with van der Waals surface area (Å²) in [5.74, 6) is -0.205. The van der Waals surface area contributed by atoms with Crippen molar-refractivity contribution in [3.05, 3.63) is 29.6 Å². The van der Waals surface area contributed by atoms with Gasteiger partial charge >= 0.3 is 0 Å². The fourth-order valence-electron chi connectivity index (χ4n) is 1.85. The Hall–Kier alpha value is -2.11. The molecule has 2 rings (SSSR count). The third kappa shape index (κ3) is 2.13. The van der Waals surface area contributed by atoms with Gasteiger partial charge in [0.2, 0.25) is 5.91 Å². The zero-order valence-corrected chi connectivity index (χ0v) is 10.2. The van der Waals surface area contributed by atoms with Crippen LogP contribution in [0.2, 0.25) is 0 Å². The number of oxime groups is 1. The van der Waals surface area contributed by atoms with E-state index in [1.807, 2.05) is 13.0 Å². The van der Waals surface area contributed by atoms with Gasteiger partial charge in [-0.25, -0.2) is 0 Å². The normalized spacial score (nSPS) is 17.3. The quantitative estimate of drug-likeness (QED) is 0.313. The summed E-state index contributed by atoms with van der Waals surface area (Å²) in [4.78, 5) is 16.0. The lowest BCUT2D eigenvalue weighted by Crippen LogP contribution is -2.40. The molecule has 0 bridgehead atoms. The standard InChI is InChI=1S/C12H16N4O2/c1-8-2-5-14-6-9(8)7-15-11(17)12(3-4-12)10(13)16-18/h2,5-6,18H,3-4,7H2,1H3,(H2,13,16)(H,15,17). The predicted molar refractivity (Wildman–Crippen MR) is 65.9 cm³/mol. The van der Waals surface area contributed by atoms with Gasteiger partial charge in [-0.1, -0.05) is 5.16 Å². The highest BCUT2D eigenvalue weighted by Crippen LogP contribution is 2.46. The number of carbonyl (C=O) groups is 1. The molecule has 1 aromatic rings. The van der Waals surface area contributed by atoms with E-state index in [1.54, 1.807) is 12.4 Å². The van der Waals surface area contributed by atoms with E-state index in [4.69, 9.17) is 10.9 Å². The lowest BCUT2D eigenvalue weighted by Gasteiger charge is -2.14. The van der Waals surface area contributed by atoms with Crippen LogP contribution in [-0.2, 0) is 11.3 Å². The Bertz CT molecular complexity index is 495. The highest BCUT2D eigenvalue weighted by atomic mass is 16.4. The molecule has 0 saturated heterocycles. The van der Waals surface area contributed by atoms with Gasteiger partial charge in [0.15, 0.2) is 5.84 Å². The Morgan fingerprint density at radius 1 is 1.67 bits per heavy atom. The molecular formula is C12H16N4O2. The average Bonchev–Trinajstić information content (AvgIpc) is 3.18. The Balaban J connectivity index is 2.00. The summed E-state index contributed by atoms with van der Waals surface area (Å²) in [5, 5.41) is 14.4. The van der Waals surface area contributed by atoms with Crippen molar-refractivity contribution in [2.24, 2.45) is 16.3 Å². The van der Waals surface area contributed by atoms with E-state index < -0.39 is 5.41 Å². The van der Waals surface area contributed by atoms with Crippen molar-refractivity contribution in [2.75, 3.05) is 0 Å². The van der Waals surface area contributed by atoms with Crippen LogP contribution in [-0.4, -0.2) is 21.9 Å². The Morgan fingerprint density at radius 2 is 2.39 bits per heavy atom. The minimum Gasteiger partial charge on any atom is -0.409 e. The van der Waals surface area contributed by atoms with Gasteiger partial charge in [-0.15, -0.1) is 0 Å². The third-order valence-corrected chi connectivity index (χ3v) is 3.37. The molecule has 6 heteroatoms. The van der Waals surface area contributed by atoms with E-state index in [-0.39, 0.29) is 11.7 Å². The van der Waals surface area contributed by atoms with Crippen molar-refractivity contribution in [1.82, 2.24) is 10.3 Å². The highest BCUT2D eigenvalue weighted by Gasteiger charge is 2.54. The summed E-state index contributed by atoms with van der Waals surface area (Å²) in [6.07, 6.45) is 4.68. The molecule has 0 spiro atoms. The van der Waals surface area contributed by atoms with Crippen molar-refractivity contribution in [1.29, 1.82) is 0 Å². The van der Waals surface area contributed by atoms with Crippen LogP contribution in [0.4, 0.5) is 0 Å². The second-order valence-electron chi connectivity index (χ2n) is 4.55. The van der Waals surface area contributed by atoms with Gasteiger partial charge in [0.1, 0.15) is 5.41 Å². The topological polar surface area (TPSA) is 101 Å². The van der Waals surface area contributed by atoms with E-state index in [1.165, 1.54) is 0 Å². The number of hydrogen-bond acceptors (Lipinski definition) is 4. The number of rotatable bonds is 4. The zero-order valence-electron chi connectivity index (χ0n) is 10.2. The van der Waals surface area contributed by atoms with Gasteiger partial charge in [0, 0.05) is 18.9 Å². The van der Waals surface area contributed by atoms with Crippen LogP contribution in [0.5, 0.6) is 0 Å². The lowest BCUT2D eigenvalue weighted by molar-refractivity contribution is -0.124. The molecule has 1 amide bonds. The van der Waals surface area contributed by atoms with Crippen molar-refractivity contribution in [3.63, 3.8) is 0 Å². The first kappa shape index (κ1) is 12.3. The van der Waals surface area contributed by atoms with Crippen molar-refractivity contribution >= 4 is 11.7 Å². The molecule has 0 aliphatic heterocycles. The van der Waals surface area contributed by atoms with E-state index in [0.717, 1.165) is 11.1 Å². The molecular weight excluding hydrogens is 232 g/mol. The molecule has 1 aliphatic carbocycles. The minimum atomic E-state index is -0.801. The zero-order chi connectivity index (χ0) is 13.2. The number of hydrogen-bond donors (Lipinski definition) is 3. The van der Waals surface area contributed by atoms with Crippen LogP contribution in [0.3, 0.4) is 0 Å². The number of pyridine rings is 1. The summed E-state index contributed by atoms with van der Waals surface area (Å²) < 4.78 is 0. The molecule has 18 heavy (non-hydrogen) atoms. The number of carbonyl (C=O) groups excluding carboxylic acids is 1. The second kappa shape index (κ2) is 4.64. The van der Waals surface area contributed by atoms with E-state index in [9.17, 15) is 4.79 Å². The molecule has 1 fully saturated rings. The molecule has 0 radical (unpaired) electrons. The number of nitrogens with two attached hydrogens (primary N) is 1. The van der Waals surface area contributed by atoms with Crippen LogP contribution in [0.1, 0.15) is 24.0 Å².